The van der Waals surface area contributed by atoms with Crippen LogP contribution in [0.3, 0.4) is 0 Å². The number of benzene rings is 1. The third-order valence-electron chi connectivity index (χ3n) is 3.67. The Morgan fingerprint density at radius 2 is 2.13 bits per heavy atom. The van der Waals surface area contributed by atoms with E-state index in [2.05, 4.69) is 5.32 Å². The van der Waals surface area contributed by atoms with Gasteiger partial charge in [0.25, 0.3) is 5.91 Å². The lowest BCUT2D eigenvalue weighted by atomic mass is 9.99. The van der Waals surface area contributed by atoms with E-state index in [1.807, 2.05) is 0 Å². The largest absolute Gasteiger partial charge is 0.492 e. The molecule has 0 bridgehead atoms. The number of imide groups is 1. The molecular weight excluding hydrogens is 303 g/mol. The molecule has 0 radical (unpaired) electrons. The Balaban J connectivity index is 1.65. The Hall–Kier alpha value is -2.83. The molecule has 1 aromatic carbocycles. The molecule has 3 rings (SSSR count). The molecule has 3 amide bonds. The van der Waals surface area contributed by atoms with Gasteiger partial charge < -0.3 is 14.5 Å². The summed E-state index contributed by atoms with van der Waals surface area (Å²) in [6.45, 7) is 1.70. The second-order valence-electron chi connectivity index (χ2n) is 5.30. The Morgan fingerprint density at radius 3 is 2.83 bits per heavy atom. The van der Waals surface area contributed by atoms with Gasteiger partial charge in [-0.1, -0.05) is 6.07 Å². The smallest absolute Gasteiger partial charge is 0.325 e. The second kappa shape index (κ2) is 5.75. The first-order valence-corrected chi connectivity index (χ1v) is 7.07. The molecule has 0 saturated carbocycles. The van der Waals surface area contributed by atoms with Gasteiger partial charge in [-0.2, -0.15) is 0 Å². The predicted octanol–water partition coefficient (Wildman–Crippen LogP) is 2.26. The van der Waals surface area contributed by atoms with E-state index >= 15 is 0 Å². The molecule has 1 N–H and O–H groups in total. The number of nitrogens with one attached hydrogen (secondary N) is 1. The molecule has 23 heavy (non-hydrogen) atoms. The SMILES string of the molecule is CC1(c2ccco2)NC(=O)N(CCOc2cccc(F)c2)C1=O. The lowest BCUT2D eigenvalue weighted by Crippen LogP contribution is -2.41. The van der Waals surface area contributed by atoms with E-state index in [4.69, 9.17) is 9.15 Å². The first-order valence-electron chi connectivity index (χ1n) is 7.07. The van der Waals surface area contributed by atoms with Crippen molar-refractivity contribution in [3.63, 3.8) is 0 Å². The summed E-state index contributed by atoms with van der Waals surface area (Å²) in [5.41, 5.74) is -1.22. The Morgan fingerprint density at radius 1 is 1.30 bits per heavy atom. The maximum Gasteiger partial charge on any atom is 0.325 e. The number of furan rings is 1. The summed E-state index contributed by atoms with van der Waals surface area (Å²) in [4.78, 5) is 25.6. The van der Waals surface area contributed by atoms with E-state index in [1.165, 1.54) is 24.5 Å². The highest BCUT2D eigenvalue weighted by Crippen LogP contribution is 2.28. The third kappa shape index (κ3) is 2.77. The third-order valence-corrected chi connectivity index (χ3v) is 3.67. The molecule has 1 atom stereocenters. The molecule has 6 nitrogen and oxygen atoms in total. The first kappa shape index (κ1) is 15.1. The summed E-state index contributed by atoms with van der Waals surface area (Å²) in [7, 11) is 0. The molecule has 1 saturated heterocycles. The monoisotopic (exact) mass is 318 g/mol. The van der Waals surface area contributed by atoms with Crippen molar-refractivity contribution >= 4 is 11.9 Å². The van der Waals surface area contributed by atoms with Gasteiger partial charge in [-0.15, -0.1) is 0 Å². The number of halogens is 1. The molecule has 0 aliphatic carbocycles. The van der Waals surface area contributed by atoms with Crippen LogP contribution in [0, 0.1) is 5.82 Å². The Kier molecular flexibility index (Phi) is 3.77. The van der Waals surface area contributed by atoms with Gasteiger partial charge >= 0.3 is 6.03 Å². The highest BCUT2D eigenvalue weighted by atomic mass is 19.1. The summed E-state index contributed by atoms with van der Waals surface area (Å²) in [5, 5.41) is 2.62. The van der Waals surface area contributed by atoms with Crippen molar-refractivity contribution in [3.8, 4) is 5.75 Å². The zero-order valence-corrected chi connectivity index (χ0v) is 12.4. The molecule has 120 valence electrons. The van der Waals surface area contributed by atoms with Crippen molar-refractivity contribution in [2.24, 2.45) is 0 Å². The van der Waals surface area contributed by atoms with Crippen LogP contribution in [0.2, 0.25) is 0 Å². The number of carbonyl (C=O) groups excluding carboxylic acids is 2. The number of nitrogens with zero attached hydrogens (tertiary/aromatic N) is 1. The van der Waals surface area contributed by atoms with Crippen LogP contribution in [0.15, 0.2) is 47.1 Å². The quantitative estimate of drug-likeness (QED) is 0.859. The van der Waals surface area contributed by atoms with Gasteiger partial charge in [-0.25, -0.2) is 9.18 Å². The van der Waals surface area contributed by atoms with Crippen LogP contribution < -0.4 is 10.1 Å². The van der Waals surface area contributed by atoms with Crippen molar-refractivity contribution < 1.29 is 23.1 Å². The van der Waals surface area contributed by atoms with Crippen molar-refractivity contribution in [1.82, 2.24) is 10.2 Å². The lowest BCUT2D eigenvalue weighted by Gasteiger charge is -2.19. The van der Waals surface area contributed by atoms with Crippen LogP contribution in [0.4, 0.5) is 9.18 Å². The molecule has 1 aliphatic rings. The van der Waals surface area contributed by atoms with Crippen LogP contribution in [-0.2, 0) is 10.3 Å². The topological polar surface area (TPSA) is 71.8 Å². The number of carbonyl (C=O) groups is 2. The summed E-state index contributed by atoms with van der Waals surface area (Å²) in [6, 6.07) is 8.42. The highest BCUT2D eigenvalue weighted by molar-refractivity contribution is 6.06. The maximum absolute atomic E-state index is 13.1. The lowest BCUT2D eigenvalue weighted by molar-refractivity contribution is -0.131. The van der Waals surface area contributed by atoms with Crippen LogP contribution in [0.5, 0.6) is 5.75 Å². The van der Waals surface area contributed by atoms with E-state index in [1.54, 1.807) is 25.1 Å². The predicted molar refractivity (Wildman–Crippen MR) is 78.2 cm³/mol. The zero-order chi connectivity index (χ0) is 16.4. The summed E-state index contributed by atoms with van der Waals surface area (Å²) >= 11 is 0. The van der Waals surface area contributed by atoms with Crippen molar-refractivity contribution in [1.29, 1.82) is 0 Å². The Bertz CT molecular complexity index is 731. The van der Waals surface area contributed by atoms with Crippen LogP contribution in [0.25, 0.3) is 0 Å². The minimum absolute atomic E-state index is 0.0531. The molecule has 2 aromatic rings. The maximum atomic E-state index is 13.1. The van der Waals surface area contributed by atoms with Gasteiger partial charge in [-0.3, -0.25) is 9.69 Å². The molecular formula is C16H15FN2O4. The van der Waals surface area contributed by atoms with Crippen LogP contribution >= 0.6 is 0 Å². The van der Waals surface area contributed by atoms with Gasteiger partial charge in [0.05, 0.1) is 12.8 Å². The van der Waals surface area contributed by atoms with Gasteiger partial charge in [-0.05, 0) is 31.2 Å². The number of hydrogen-bond acceptors (Lipinski definition) is 4. The summed E-state index contributed by atoms with van der Waals surface area (Å²) in [6.07, 6.45) is 1.44. The number of urea groups is 1. The van der Waals surface area contributed by atoms with E-state index in [0.717, 1.165) is 4.90 Å². The summed E-state index contributed by atoms with van der Waals surface area (Å²) < 4.78 is 23.7. The number of hydrogen-bond donors (Lipinski definition) is 1. The number of ether oxygens (including phenoxy) is 1. The second-order valence-corrected chi connectivity index (χ2v) is 5.30. The van der Waals surface area contributed by atoms with E-state index in [-0.39, 0.29) is 13.2 Å². The van der Waals surface area contributed by atoms with E-state index < -0.39 is 23.3 Å². The highest BCUT2D eigenvalue weighted by Gasteiger charge is 2.50. The van der Waals surface area contributed by atoms with E-state index in [0.29, 0.717) is 11.5 Å². The van der Waals surface area contributed by atoms with Gasteiger partial charge in [0.1, 0.15) is 23.9 Å². The average Bonchev–Trinajstić information content (AvgIpc) is 3.11. The standard InChI is InChI=1S/C16H15FN2O4/c1-16(13-6-3-8-23-13)14(20)19(15(21)18-16)7-9-22-12-5-2-4-11(17)10-12/h2-6,8,10H,7,9H2,1H3,(H,18,21). The van der Waals surface area contributed by atoms with Gasteiger partial charge in [0.2, 0.25) is 0 Å². The average molecular weight is 318 g/mol. The van der Waals surface area contributed by atoms with Crippen molar-refractivity contribution in [2.45, 2.75) is 12.5 Å². The summed E-state index contributed by atoms with van der Waals surface area (Å²) in [5.74, 6) is -0.126. The fourth-order valence-electron chi connectivity index (χ4n) is 2.44. The van der Waals surface area contributed by atoms with Crippen LogP contribution in [0.1, 0.15) is 12.7 Å². The van der Waals surface area contributed by atoms with Crippen molar-refractivity contribution in [2.75, 3.05) is 13.2 Å². The number of rotatable bonds is 5. The molecule has 7 heteroatoms. The molecule has 1 fully saturated rings. The fourth-order valence-corrected chi connectivity index (χ4v) is 2.44. The normalized spacial score (nSPS) is 20.7. The zero-order valence-electron chi connectivity index (χ0n) is 12.4. The first-order chi connectivity index (χ1) is 11.0. The minimum Gasteiger partial charge on any atom is -0.492 e. The van der Waals surface area contributed by atoms with Crippen molar-refractivity contribution in [3.05, 3.63) is 54.2 Å². The van der Waals surface area contributed by atoms with Crippen LogP contribution in [-0.4, -0.2) is 30.0 Å². The molecule has 1 aromatic heterocycles. The molecule has 1 unspecified atom stereocenters. The molecule has 0 spiro atoms. The molecule has 2 heterocycles. The van der Waals surface area contributed by atoms with Gasteiger partial charge in [0.15, 0.2) is 5.54 Å². The van der Waals surface area contributed by atoms with E-state index in [9.17, 15) is 14.0 Å². The minimum atomic E-state index is -1.22. The molecule has 1 aliphatic heterocycles. The number of amides is 3. The van der Waals surface area contributed by atoms with Gasteiger partial charge in [0, 0.05) is 6.07 Å². The Labute approximate surface area is 131 Å². The fraction of sp³-hybridized carbons (Fsp3) is 0.250.